The molecule has 4 aliphatic carbocycles. The van der Waals surface area contributed by atoms with Crippen molar-refractivity contribution in [3.63, 3.8) is 0 Å². The molecule has 3 aliphatic heterocycles. The van der Waals surface area contributed by atoms with E-state index in [1.54, 1.807) is 13.3 Å². The van der Waals surface area contributed by atoms with Crippen LogP contribution in [-0.2, 0) is 0 Å². The first-order valence-electron chi connectivity index (χ1n) is 14.6. The summed E-state index contributed by atoms with van der Waals surface area (Å²) in [6.45, 7) is 8.31. The average Bonchev–Trinajstić information content (AvgIpc) is 2.91. The smallest absolute Gasteiger partial charge is 0.119 e. The highest BCUT2D eigenvalue weighted by Gasteiger charge is 2.52. The lowest BCUT2D eigenvalue weighted by atomic mass is 9.48. The maximum atomic E-state index is 11.2. The molecule has 3 saturated heterocycles. The third kappa shape index (κ3) is 4.62. The summed E-state index contributed by atoms with van der Waals surface area (Å²) < 4.78 is 5.35. The lowest BCUT2D eigenvalue weighted by Crippen LogP contribution is -2.54. The molecule has 1 aromatic carbocycles. The van der Waals surface area contributed by atoms with Crippen LogP contribution in [0.2, 0.25) is 0 Å². The number of nitrogens with zero attached hydrogens (tertiary/aromatic N) is 2. The summed E-state index contributed by atoms with van der Waals surface area (Å²) in [5, 5.41) is 12.1. The summed E-state index contributed by atoms with van der Waals surface area (Å²) in [7, 11) is 1.66. The molecule has 4 saturated carbocycles. The van der Waals surface area contributed by atoms with Crippen LogP contribution in [0.1, 0.15) is 70.0 Å². The summed E-state index contributed by atoms with van der Waals surface area (Å²) in [6.07, 6.45) is 14.6. The third-order valence-corrected chi connectivity index (χ3v) is 10.9. The number of piperidine rings is 3. The maximum absolute atomic E-state index is 11.2. The van der Waals surface area contributed by atoms with Crippen LogP contribution < -0.4 is 10.5 Å². The predicted octanol–water partition coefficient (Wildman–Crippen LogP) is 5.72. The molecule has 37 heavy (non-hydrogen) atoms. The Bertz CT molecular complexity index is 1090. The molecule has 7 aliphatic rings. The molecule has 4 heterocycles. The monoisotopic (exact) mass is 503 g/mol. The van der Waals surface area contributed by atoms with Crippen LogP contribution in [0.15, 0.2) is 43.1 Å². The van der Waals surface area contributed by atoms with Crippen molar-refractivity contribution in [2.24, 2.45) is 40.7 Å². The highest BCUT2D eigenvalue weighted by atomic mass is 16.5. The second-order valence-electron chi connectivity index (χ2n) is 13.0. The van der Waals surface area contributed by atoms with E-state index in [2.05, 4.69) is 29.5 Å². The van der Waals surface area contributed by atoms with Gasteiger partial charge in [-0.25, -0.2) is 0 Å². The van der Waals surface area contributed by atoms with Crippen LogP contribution in [0.25, 0.3) is 10.9 Å². The molecule has 9 rings (SSSR count). The fourth-order valence-corrected chi connectivity index (χ4v) is 9.18. The van der Waals surface area contributed by atoms with Gasteiger partial charge in [0.25, 0.3) is 0 Å². The van der Waals surface area contributed by atoms with Crippen molar-refractivity contribution < 1.29 is 9.84 Å². The minimum absolute atomic E-state index is 0.178. The number of hydrogen-bond donors (Lipinski definition) is 2. The summed E-state index contributed by atoms with van der Waals surface area (Å²) in [5.41, 5.74) is 8.62. The number of aliphatic hydroxyl groups excluding tert-OH is 1. The Morgan fingerprint density at radius 1 is 1.14 bits per heavy atom. The van der Waals surface area contributed by atoms with E-state index in [0.717, 1.165) is 59.5 Å². The standard InChI is InChI=1S/C20H24N2O2.C12H21N/c1-3-13-12-22-9-7-14(13)10-19(22)20(23)16-6-8-21-18-5-4-15(24-2)11-17(16)18;1-8(13)12-5-9-2-10(6-12)4-11(3-9)7-12/h3-6,8,11,13-14,19-20,23H,1,7,9-10,12H2,2H3;8-11H,2-7,13H2,1H3/t13-,14-,19+,20-;/m0./s1. The van der Waals surface area contributed by atoms with Gasteiger partial charge in [-0.05, 0) is 130 Å². The number of rotatable bonds is 5. The molecule has 7 fully saturated rings. The van der Waals surface area contributed by atoms with Gasteiger partial charge in [-0.2, -0.15) is 0 Å². The topological polar surface area (TPSA) is 71.6 Å². The molecule has 3 N–H and O–H groups in total. The Balaban J connectivity index is 0.000000162. The molecular weight excluding hydrogens is 458 g/mol. The van der Waals surface area contributed by atoms with Gasteiger partial charge in [0.15, 0.2) is 0 Å². The first kappa shape index (κ1) is 25.3. The van der Waals surface area contributed by atoms with Gasteiger partial charge in [0.2, 0.25) is 0 Å². The Morgan fingerprint density at radius 2 is 1.84 bits per heavy atom. The fraction of sp³-hybridized carbons (Fsp3) is 0.656. The molecule has 0 radical (unpaired) electrons. The first-order chi connectivity index (χ1) is 17.9. The third-order valence-electron chi connectivity index (χ3n) is 10.9. The van der Waals surface area contributed by atoms with Gasteiger partial charge in [0, 0.05) is 30.2 Å². The summed E-state index contributed by atoms with van der Waals surface area (Å²) in [5.74, 6) is 5.17. The van der Waals surface area contributed by atoms with Crippen LogP contribution >= 0.6 is 0 Å². The van der Waals surface area contributed by atoms with E-state index in [4.69, 9.17) is 10.5 Å². The number of ether oxygens (including phenoxy) is 1. The van der Waals surface area contributed by atoms with Crippen molar-refractivity contribution in [2.75, 3.05) is 20.2 Å². The SMILES string of the molecule is C=C[C@H]1CN2CC[C@H]1C[C@@H]2[C@@H](O)c1ccnc2ccc(OC)cc12.CC(N)C12CC3CC(CC(C3)C1)C2. The minimum atomic E-state index is -0.504. The molecule has 1 aromatic heterocycles. The molecular formula is C32H45N3O2. The molecule has 6 atom stereocenters. The van der Waals surface area contributed by atoms with E-state index in [1.807, 2.05) is 24.3 Å². The van der Waals surface area contributed by atoms with E-state index in [-0.39, 0.29) is 6.04 Å². The number of nitrogens with two attached hydrogens (primary N) is 1. The largest absolute Gasteiger partial charge is 0.497 e. The minimum Gasteiger partial charge on any atom is -0.497 e. The number of aromatic nitrogens is 1. The second kappa shape index (κ2) is 9.98. The van der Waals surface area contributed by atoms with Crippen molar-refractivity contribution in [1.29, 1.82) is 0 Å². The van der Waals surface area contributed by atoms with Crippen LogP contribution in [0.5, 0.6) is 5.75 Å². The fourth-order valence-electron chi connectivity index (χ4n) is 9.18. The van der Waals surface area contributed by atoms with E-state index in [9.17, 15) is 5.11 Å². The zero-order valence-electron chi connectivity index (χ0n) is 22.7. The average molecular weight is 504 g/mol. The van der Waals surface area contributed by atoms with E-state index >= 15 is 0 Å². The Kier molecular flexibility index (Phi) is 6.83. The van der Waals surface area contributed by atoms with Gasteiger partial charge >= 0.3 is 0 Å². The highest BCUT2D eigenvalue weighted by molar-refractivity contribution is 5.84. The van der Waals surface area contributed by atoms with Crippen LogP contribution in [0, 0.1) is 35.0 Å². The van der Waals surface area contributed by atoms with Gasteiger partial charge in [-0.15, -0.1) is 6.58 Å². The zero-order valence-corrected chi connectivity index (χ0v) is 22.7. The van der Waals surface area contributed by atoms with Crippen molar-refractivity contribution in [2.45, 2.75) is 76.5 Å². The van der Waals surface area contributed by atoms with Crippen molar-refractivity contribution in [1.82, 2.24) is 9.88 Å². The lowest BCUT2D eigenvalue weighted by Gasteiger charge is -2.58. The van der Waals surface area contributed by atoms with Gasteiger partial charge in [0.05, 0.1) is 18.7 Å². The van der Waals surface area contributed by atoms with E-state index in [0.29, 0.717) is 23.3 Å². The van der Waals surface area contributed by atoms with Gasteiger partial charge in [0.1, 0.15) is 5.75 Å². The number of hydrogen-bond acceptors (Lipinski definition) is 5. The van der Waals surface area contributed by atoms with Crippen LogP contribution in [0.3, 0.4) is 0 Å². The Labute approximate surface area is 222 Å². The molecule has 0 amide bonds. The maximum Gasteiger partial charge on any atom is 0.119 e. The quantitative estimate of drug-likeness (QED) is 0.511. The number of aliphatic hydroxyl groups is 1. The Hall–Kier alpha value is -1.95. The zero-order chi connectivity index (χ0) is 25.7. The highest BCUT2D eigenvalue weighted by Crippen LogP contribution is 2.60. The molecule has 6 bridgehead atoms. The van der Waals surface area contributed by atoms with Crippen LogP contribution in [0.4, 0.5) is 0 Å². The Morgan fingerprint density at radius 3 is 2.41 bits per heavy atom. The van der Waals surface area contributed by atoms with Gasteiger partial charge < -0.3 is 15.6 Å². The number of methoxy groups -OCH3 is 1. The normalized spacial score (nSPS) is 39.1. The molecule has 0 spiro atoms. The number of benzene rings is 1. The number of fused-ring (bicyclic) bond motifs is 4. The van der Waals surface area contributed by atoms with Gasteiger partial charge in [-0.3, -0.25) is 9.88 Å². The molecule has 2 unspecified atom stereocenters. The molecule has 200 valence electrons. The predicted molar refractivity (Wildman–Crippen MR) is 149 cm³/mol. The van der Waals surface area contributed by atoms with E-state index < -0.39 is 6.10 Å². The van der Waals surface area contributed by atoms with E-state index in [1.165, 1.54) is 44.9 Å². The van der Waals surface area contributed by atoms with Crippen molar-refractivity contribution in [3.8, 4) is 5.75 Å². The van der Waals surface area contributed by atoms with Crippen LogP contribution in [-0.4, -0.2) is 47.3 Å². The summed E-state index contributed by atoms with van der Waals surface area (Å²) >= 11 is 0. The summed E-state index contributed by atoms with van der Waals surface area (Å²) in [6, 6.07) is 8.40. The van der Waals surface area contributed by atoms with Crippen molar-refractivity contribution in [3.05, 3.63) is 48.7 Å². The van der Waals surface area contributed by atoms with Gasteiger partial charge in [-0.1, -0.05) is 6.08 Å². The lowest BCUT2D eigenvalue weighted by molar-refractivity contribution is -0.0637. The molecule has 5 nitrogen and oxygen atoms in total. The second-order valence-corrected chi connectivity index (χ2v) is 13.0. The molecule has 2 aromatic rings. The summed E-state index contributed by atoms with van der Waals surface area (Å²) in [4.78, 5) is 6.86. The van der Waals surface area contributed by atoms with Crippen molar-refractivity contribution >= 4 is 10.9 Å². The molecule has 5 heteroatoms. The first-order valence-corrected chi connectivity index (χ1v) is 14.6. The number of pyridine rings is 1.